The Morgan fingerprint density at radius 3 is 2.60 bits per heavy atom. The highest BCUT2D eigenvalue weighted by atomic mass is 16.5. The first kappa shape index (κ1) is 6.16. The highest BCUT2D eigenvalue weighted by Crippen LogP contribution is 2.38. The molecule has 3 atom stereocenters. The number of carbonyl (C=O) groups is 1. The van der Waals surface area contributed by atoms with Crippen LogP contribution >= 0.6 is 0 Å². The fourth-order valence-electron chi connectivity index (χ4n) is 1.90. The molecule has 2 fully saturated rings. The van der Waals surface area contributed by atoms with E-state index >= 15 is 0 Å². The fraction of sp³-hybridized carbons (Fsp3) is 0.857. The molecule has 2 unspecified atom stereocenters. The number of ether oxygens (including phenoxy) is 1. The Hall–Kier alpha value is -0.570. The van der Waals surface area contributed by atoms with Crippen molar-refractivity contribution >= 4 is 5.97 Å². The summed E-state index contributed by atoms with van der Waals surface area (Å²) in [6.45, 7) is 0. The fourth-order valence-corrected chi connectivity index (χ4v) is 1.90. The number of aliphatic carboxylic acids is 1. The first-order chi connectivity index (χ1) is 4.77. The molecule has 0 spiro atoms. The van der Waals surface area contributed by atoms with Crippen molar-refractivity contribution < 1.29 is 14.6 Å². The minimum Gasteiger partial charge on any atom is -0.481 e. The number of carboxylic acids is 1. The Morgan fingerprint density at radius 1 is 1.50 bits per heavy atom. The van der Waals surface area contributed by atoms with Crippen molar-refractivity contribution in [1.29, 1.82) is 0 Å². The van der Waals surface area contributed by atoms with Crippen LogP contribution in [-0.4, -0.2) is 23.3 Å². The van der Waals surface area contributed by atoms with Gasteiger partial charge in [0.1, 0.15) is 0 Å². The molecule has 0 radical (unpaired) electrons. The molecular weight excluding hydrogens is 132 g/mol. The minimum atomic E-state index is -0.688. The maximum absolute atomic E-state index is 10.5. The normalized spacial score (nSPS) is 44.2. The maximum Gasteiger partial charge on any atom is 0.309 e. The molecule has 2 aliphatic heterocycles. The van der Waals surface area contributed by atoms with Gasteiger partial charge in [0.25, 0.3) is 0 Å². The molecule has 2 rings (SSSR count). The van der Waals surface area contributed by atoms with E-state index in [4.69, 9.17) is 9.84 Å². The second-order valence-electron chi connectivity index (χ2n) is 3.05. The summed E-state index contributed by atoms with van der Waals surface area (Å²) in [6.07, 6.45) is 3.03. The van der Waals surface area contributed by atoms with Gasteiger partial charge >= 0.3 is 5.97 Å². The van der Waals surface area contributed by atoms with E-state index < -0.39 is 5.97 Å². The molecule has 3 nitrogen and oxygen atoms in total. The zero-order chi connectivity index (χ0) is 7.14. The predicted octanol–water partition coefficient (Wildman–Crippen LogP) is 0.639. The van der Waals surface area contributed by atoms with E-state index in [1.807, 2.05) is 0 Å². The third kappa shape index (κ3) is 0.736. The zero-order valence-electron chi connectivity index (χ0n) is 5.62. The lowest BCUT2D eigenvalue weighted by atomic mass is 9.89. The SMILES string of the molecule is O=C(O)C1CC2CC[C@H]1O2. The quantitative estimate of drug-likeness (QED) is 0.584. The Morgan fingerprint density at radius 2 is 2.30 bits per heavy atom. The maximum atomic E-state index is 10.5. The third-order valence-corrected chi connectivity index (χ3v) is 2.42. The summed E-state index contributed by atoms with van der Waals surface area (Å²) in [5.74, 6) is -0.897. The molecule has 0 saturated carbocycles. The van der Waals surface area contributed by atoms with Crippen molar-refractivity contribution in [2.45, 2.75) is 31.5 Å². The molecule has 2 bridgehead atoms. The third-order valence-electron chi connectivity index (χ3n) is 2.42. The lowest BCUT2D eigenvalue weighted by Crippen LogP contribution is -2.24. The molecule has 0 aromatic rings. The van der Waals surface area contributed by atoms with Crippen molar-refractivity contribution in [2.24, 2.45) is 5.92 Å². The summed E-state index contributed by atoms with van der Waals surface area (Å²) in [5.41, 5.74) is 0. The van der Waals surface area contributed by atoms with Gasteiger partial charge in [0, 0.05) is 0 Å². The highest BCUT2D eigenvalue weighted by molar-refractivity contribution is 5.71. The van der Waals surface area contributed by atoms with Crippen LogP contribution in [0.5, 0.6) is 0 Å². The molecule has 2 heterocycles. The van der Waals surface area contributed by atoms with E-state index in [-0.39, 0.29) is 18.1 Å². The van der Waals surface area contributed by atoms with E-state index in [2.05, 4.69) is 0 Å². The molecule has 2 aliphatic rings. The summed E-state index contributed by atoms with van der Waals surface area (Å²) in [4.78, 5) is 10.5. The summed E-state index contributed by atoms with van der Waals surface area (Å²) in [5, 5.41) is 8.66. The Labute approximate surface area is 59.0 Å². The minimum absolute atomic E-state index is 0.0301. The number of rotatable bonds is 1. The predicted molar refractivity (Wildman–Crippen MR) is 33.6 cm³/mol. The van der Waals surface area contributed by atoms with Gasteiger partial charge in [-0.25, -0.2) is 0 Å². The second-order valence-corrected chi connectivity index (χ2v) is 3.05. The highest BCUT2D eigenvalue weighted by Gasteiger charge is 2.44. The van der Waals surface area contributed by atoms with Crippen molar-refractivity contribution in [1.82, 2.24) is 0 Å². The van der Waals surface area contributed by atoms with Gasteiger partial charge < -0.3 is 9.84 Å². The molecule has 10 heavy (non-hydrogen) atoms. The van der Waals surface area contributed by atoms with Gasteiger partial charge in [0.2, 0.25) is 0 Å². The van der Waals surface area contributed by atoms with Crippen LogP contribution in [0.3, 0.4) is 0 Å². The molecular formula is C7H10O3. The average Bonchev–Trinajstić information content (AvgIpc) is 2.44. The van der Waals surface area contributed by atoms with E-state index in [0.29, 0.717) is 0 Å². The van der Waals surface area contributed by atoms with Gasteiger partial charge in [0.15, 0.2) is 0 Å². The first-order valence-electron chi connectivity index (χ1n) is 3.65. The van der Waals surface area contributed by atoms with Crippen LogP contribution in [0.4, 0.5) is 0 Å². The number of fused-ring (bicyclic) bond motifs is 2. The van der Waals surface area contributed by atoms with Gasteiger partial charge in [0.05, 0.1) is 18.1 Å². The Bertz CT molecular complexity index is 166. The molecule has 3 heteroatoms. The van der Waals surface area contributed by atoms with E-state index in [9.17, 15) is 4.79 Å². The zero-order valence-corrected chi connectivity index (χ0v) is 5.62. The second kappa shape index (κ2) is 1.95. The summed E-state index contributed by atoms with van der Waals surface area (Å²) in [7, 11) is 0. The van der Waals surface area contributed by atoms with Crippen LogP contribution in [0.2, 0.25) is 0 Å². The molecule has 2 saturated heterocycles. The van der Waals surface area contributed by atoms with Crippen LogP contribution < -0.4 is 0 Å². The van der Waals surface area contributed by atoms with Gasteiger partial charge in [-0.3, -0.25) is 4.79 Å². The van der Waals surface area contributed by atoms with Crippen LogP contribution in [-0.2, 0) is 9.53 Å². The summed E-state index contributed by atoms with van der Waals surface area (Å²) in [6, 6.07) is 0. The van der Waals surface area contributed by atoms with Gasteiger partial charge in [-0.15, -0.1) is 0 Å². The largest absolute Gasteiger partial charge is 0.481 e. The molecule has 0 aromatic heterocycles. The molecule has 56 valence electrons. The van der Waals surface area contributed by atoms with Crippen molar-refractivity contribution in [3.63, 3.8) is 0 Å². The monoisotopic (exact) mass is 142 g/mol. The van der Waals surface area contributed by atoms with Crippen molar-refractivity contribution in [3.8, 4) is 0 Å². The molecule has 0 aliphatic carbocycles. The average molecular weight is 142 g/mol. The van der Waals surface area contributed by atoms with Crippen molar-refractivity contribution in [2.75, 3.05) is 0 Å². The van der Waals surface area contributed by atoms with Crippen LogP contribution in [0.1, 0.15) is 19.3 Å². The van der Waals surface area contributed by atoms with E-state index in [1.165, 1.54) is 0 Å². The van der Waals surface area contributed by atoms with Crippen molar-refractivity contribution in [3.05, 3.63) is 0 Å². The summed E-state index contributed by atoms with van der Waals surface area (Å²) < 4.78 is 5.37. The molecule has 0 amide bonds. The standard InChI is InChI=1S/C7H10O3/c8-7(9)5-3-4-1-2-6(5)10-4/h4-6H,1-3H2,(H,8,9)/t4?,5?,6-/m1/s1. The van der Waals surface area contributed by atoms with Crippen LogP contribution in [0, 0.1) is 5.92 Å². The Balaban J connectivity index is 2.08. The van der Waals surface area contributed by atoms with Crippen LogP contribution in [0.15, 0.2) is 0 Å². The van der Waals surface area contributed by atoms with Gasteiger partial charge in [-0.05, 0) is 19.3 Å². The number of hydrogen-bond acceptors (Lipinski definition) is 2. The van der Waals surface area contributed by atoms with E-state index in [1.54, 1.807) is 0 Å². The smallest absolute Gasteiger partial charge is 0.309 e. The van der Waals surface area contributed by atoms with E-state index in [0.717, 1.165) is 19.3 Å². The topological polar surface area (TPSA) is 46.5 Å². The van der Waals surface area contributed by atoms with Gasteiger partial charge in [-0.2, -0.15) is 0 Å². The van der Waals surface area contributed by atoms with Crippen LogP contribution in [0.25, 0.3) is 0 Å². The lowest BCUT2D eigenvalue weighted by molar-refractivity contribution is -0.143. The Kier molecular flexibility index (Phi) is 1.20. The van der Waals surface area contributed by atoms with Gasteiger partial charge in [-0.1, -0.05) is 0 Å². The molecule has 1 N–H and O–H groups in total. The number of hydrogen-bond donors (Lipinski definition) is 1. The first-order valence-corrected chi connectivity index (χ1v) is 3.65. The lowest BCUT2D eigenvalue weighted by Gasteiger charge is -2.12. The number of carboxylic acid groups (broad SMARTS) is 1. The molecule has 0 aromatic carbocycles. The summed E-state index contributed by atoms with van der Waals surface area (Å²) >= 11 is 0.